The van der Waals surface area contributed by atoms with Crippen molar-refractivity contribution in [3.05, 3.63) is 23.8 Å². The molecule has 1 saturated carbocycles. The van der Waals surface area contributed by atoms with Crippen LogP contribution in [0.25, 0.3) is 0 Å². The lowest BCUT2D eigenvalue weighted by atomic mass is 9.87. The summed E-state index contributed by atoms with van der Waals surface area (Å²) < 4.78 is 10.6. The minimum absolute atomic E-state index is 0.0760. The Labute approximate surface area is 121 Å². The van der Waals surface area contributed by atoms with E-state index in [1.54, 1.807) is 14.2 Å². The van der Waals surface area contributed by atoms with Gasteiger partial charge in [0, 0.05) is 18.2 Å². The topological polar surface area (TPSA) is 50.7 Å². The summed E-state index contributed by atoms with van der Waals surface area (Å²) in [6.45, 7) is 1.80. The third-order valence-electron chi connectivity index (χ3n) is 4.06. The smallest absolute Gasteiger partial charge is 0.127 e. The number of benzene rings is 1. The molecular formula is C16H25NO3. The maximum atomic E-state index is 9.50. The first-order valence-corrected chi connectivity index (χ1v) is 7.32. The Kier molecular flexibility index (Phi) is 5.68. The van der Waals surface area contributed by atoms with Gasteiger partial charge >= 0.3 is 0 Å². The Morgan fingerprint density at radius 1 is 1.15 bits per heavy atom. The van der Waals surface area contributed by atoms with E-state index < -0.39 is 0 Å². The molecule has 0 heterocycles. The lowest BCUT2D eigenvalue weighted by molar-refractivity contribution is 0.108. The summed E-state index contributed by atoms with van der Waals surface area (Å²) in [5.41, 5.74) is 1.14. The van der Waals surface area contributed by atoms with Gasteiger partial charge in [0.2, 0.25) is 0 Å². The van der Waals surface area contributed by atoms with E-state index in [4.69, 9.17) is 9.47 Å². The molecule has 20 heavy (non-hydrogen) atoms. The lowest BCUT2D eigenvalue weighted by Crippen LogP contribution is -2.27. The molecular weight excluding hydrogens is 254 g/mol. The summed E-state index contributed by atoms with van der Waals surface area (Å²) in [6, 6.07) is 5.90. The zero-order chi connectivity index (χ0) is 14.4. The largest absolute Gasteiger partial charge is 0.497 e. The molecule has 4 nitrogen and oxygen atoms in total. The minimum atomic E-state index is -0.0760. The molecule has 1 aromatic rings. The third-order valence-corrected chi connectivity index (χ3v) is 4.06. The highest BCUT2D eigenvalue weighted by Gasteiger charge is 2.18. The highest BCUT2D eigenvalue weighted by Crippen LogP contribution is 2.26. The molecule has 1 aromatic carbocycles. The van der Waals surface area contributed by atoms with E-state index in [0.29, 0.717) is 5.92 Å². The maximum Gasteiger partial charge on any atom is 0.127 e. The summed E-state index contributed by atoms with van der Waals surface area (Å²) in [4.78, 5) is 0. The lowest BCUT2D eigenvalue weighted by Gasteiger charge is -2.25. The molecule has 0 unspecified atom stereocenters. The second-order valence-electron chi connectivity index (χ2n) is 5.48. The van der Waals surface area contributed by atoms with Crippen molar-refractivity contribution in [1.29, 1.82) is 0 Å². The van der Waals surface area contributed by atoms with Crippen LogP contribution < -0.4 is 14.8 Å². The van der Waals surface area contributed by atoms with Crippen molar-refractivity contribution >= 4 is 0 Å². The molecule has 4 heteroatoms. The molecule has 112 valence electrons. The molecule has 0 aromatic heterocycles. The molecule has 0 amide bonds. The van der Waals surface area contributed by atoms with E-state index in [0.717, 1.165) is 55.8 Å². The molecule has 2 rings (SSSR count). The average Bonchev–Trinajstić information content (AvgIpc) is 2.49. The summed E-state index contributed by atoms with van der Waals surface area (Å²) >= 11 is 0. The van der Waals surface area contributed by atoms with Crippen molar-refractivity contribution in [2.75, 3.05) is 20.8 Å². The van der Waals surface area contributed by atoms with E-state index in [1.165, 1.54) is 0 Å². The van der Waals surface area contributed by atoms with Gasteiger partial charge in [-0.25, -0.2) is 0 Å². The number of nitrogens with one attached hydrogen (secondary N) is 1. The number of aliphatic hydroxyl groups is 1. The first-order chi connectivity index (χ1) is 9.72. The molecule has 0 radical (unpaired) electrons. The van der Waals surface area contributed by atoms with Crippen LogP contribution in [0.2, 0.25) is 0 Å². The van der Waals surface area contributed by atoms with Crippen LogP contribution in [-0.2, 0) is 6.54 Å². The maximum absolute atomic E-state index is 9.50. The van der Waals surface area contributed by atoms with E-state index in [-0.39, 0.29) is 6.10 Å². The fourth-order valence-electron chi connectivity index (χ4n) is 2.76. The molecule has 1 fully saturated rings. The van der Waals surface area contributed by atoms with Gasteiger partial charge in [-0.1, -0.05) is 6.07 Å². The zero-order valence-electron chi connectivity index (χ0n) is 12.4. The van der Waals surface area contributed by atoms with Gasteiger partial charge in [-0.15, -0.1) is 0 Å². The van der Waals surface area contributed by atoms with Crippen molar-refractivity contribution in [1.82, 2.24) is 5.32 Å². The second-order valence-corrected chi connectivity index (χ2v) is 5.48. The first-order valence-electron chi connectivity index (χ1n) is 7.32. The van der Waals surface area contributed by atoms with E-state index in [2.05, 4.69) is 5.32 Å². The minimum Gasteiger partial charge on any atom is -0.497 e. The normalized spacial score (nSPS) is 22.6. The number of rotatable bonds is 6. The molecule has 0 aliphatic heterocycles. The number of hydrogen-bond donors (Lipinski definition) is 2. The van der Waals surface area contributed by atoms with Crippen LogP contribution in [0.4, 0.5) is 0 Å². The van der Waals surface area contributed by atoms with E-state index in [1.807, 2.05) is 18.2 Å². The Hall–Kier alpha value is -1.26. The van der Waals surface area contributed by atoms with Gasteiger partial charge in [-0.3, -0.25) is 0 Å². The van der Waals surface area contributed by atoms with Crippen LogP contribution in [0, 0.1) is 5.92 Å². The molecule has 1 aliphatic carbocycles. The van der Waals surface area contributed by atoms with Crippen LogP contribution in [0.1, 0.15) is 31.2 Å². The van der Waals surface area contributed by atoms with Crippen LogP contribution in [-0.4, -0.2) is 32.0 Å². The fraction of sp³-hybridized carbons (Fsp3) is 0.625. The molecule has 0 bridgehead atoms. The van der Waals surface area contributed by atoms with Crippen molar-refractivity contribution in [3.8, 4) is 11.5 Å². The standard InChI is InChI=1S/C16H25NO3/c1-19-15-8-5-13(16(9-15)20-2)11-17-10-12-3-6-14(18)7-4-12/h5,8-9,12,14,17-18H,3-4,6-7,10-11H2,1-2H3. The Bertz CT molecular complexity index is 414. The molecule has 0 atom stereocenters. The molecule has 2 N–H and O–H groups in total. The summed E-state index contributed by atoms with van der Waals surface area (Å²) in [7, 11) is 3.34. The molecule has 1 aliphatic rings. The highest BCUT2D eigenvalue weighted by molar-refractivity contribution is 5.40. The van der Waals surface area contributed by atoms with Crippen LogP contribution in [0.15, 0.2) is 18.2 Å². The van der Waals surface area contributed by atoms with E-state index >= 15 is 0 Å². The number of hydrogen-bond acceptors (Lipinski definition) is 4. The monoisotopic (exact) mass is 279 g/mol. The first kappa shape index (κ1) is 15.1. The van der Waals surface area contributed by atoms with Crippen molar-refractivity contribution in [3.63, 3.8) is 0 Å². The van der Waals surface area contributed by atoms with Gasteiger partial charge in [0.25, 0.3) is 0 Å². The average molecular weight is 279 g/mol. The van der Waals surface area contributed by atoms with Crippen molar-refractivity contribution in [2.45, 2.75) is 38.3 Å². The Morgan fingerprint density at radius 2 is 1.90 bits per heavy atom. The second kappa shape index (κ2) is 7.50. The number of methoxy groups -OCH3 is 2. The predicted molar refractivity (Wildman–Crippen MR) is 79.2 cm³/mol. The van der Waals surface area contributed by atoms with Gasteiger partial charge in [-0.05, 0) is 44.2 Å². The number of ether oxygens (including phenoxy) is 2. The predicted octanol–water partition coefficient (Wildman–Crippen LogP) is 2.34. The SMILES string of the molecule is COc1ccc(CNCC2CCC(O)CC2)c(OC)c1. The Morgan fingerprint density at radius 3 is 2.55 bits per heavy atom. The van der Waals surface area contributed by atoms with Gasteiger partial charge in [-0.2, -0.15) is 0 Å². The van der Waals surface area contributed by atoms with Gasteiger partial charge < -0.3 is 19.9 Å². The van der Waals surface area contributed by atoms with E-state index in [9.17, 15) is 5.11 Å². The van der Waals surface area contributed by atoms with Crippen molar-refractivity contribution < 1.29 is 14.6 Å². The van der Waals surface area contributed by atoms with Gasteiger partial charge in [0.15, 0.2) is 0 Å². The van der Waals surface area contributed by atoms with Gasteiger partial charge in [0.1, 0.15) is 11.5 Å². The van der Waals surface area contributed by atoms with Crippen LogP contribution >= 0.6 is 0 Å². The summed E-state index contributed by atoms with van der Waals surface area (Å²) in [6.07, 6.45) is 4.05. The summed E-state index contributed by atoms with van der Waals surface area (Å²) in [5, 5.41) is 13.0. The quantitative estimate of drug-likeness (QED) is 0.839. The Balaban J connectivity index is 1.81. The number of aliphatic hydroxyl groups excluding tert-OH is 1. The van der Waals surface area contributed by atoms with Crippen molar-refractivity contribution in [2.24, 2.45) is 5.92 Å². The third kappa shape index (κ3) is 4.12. The fourth-order valence-corrected chi connectivity index (χ4v) is 2.76. The van der Waals surface area contributed by atoms with Crippen LogP contribution in [0.3, 0.4) is 0 Å². The molecule has 0 saturated heterocycles. The zero-order valence-corrected chi connectivity index (χ0v) is 12.4. The highest BCUT2D eigenvalue weighted by atomic mass is 16.5. The molecule has 0 spiro atoms. The van der Waals surface area contributed by atoms with Gasteiger partial charge in [0.05, 0.1) is 20.3 Å². The summed E-state index contributed by atoms with van der Waals surface area (Å²) in [5.74, 6) is 2.35. The van der Waals surface area contributed by atoms with Crippen LogP contribution in [0.5, 0.6) is 11.5 Å².